The van der Waals surface area contributed by atoms with Crippen LogP contribution in [0.2, 0.25) is 0 Å². The molecular weight excluding hydrogens is 221 g/mol. The molecule has 0 aromatic carbocycles. The first-order valence-corrected chi connectivity index (χ1v) is 5.66. The Balaban J connectivity index is 2.44. The van der Waals surface area contributed by atoms with E-state index in [0.717, 1.165) is 6.42 Å². The molecule has 3 unspecified atom stereocenters. The largest absolute Gasteiger partial charge is 0.411 e. The van der Waals surface area contributed by atoms with Gasteiger partial charge in [0, 0.05) is 0 Å². The molecule has 1 aliphatic rings. The van der Waals surface area contributed by atoms with Gasteiger partial charge < -0.3 is 9.84 Å². The lowest BCUT2D eigenvalue weighted by molar-refractivity contribution is -0.201. The Labute approximate surface area is 93.8 Å². The zero-order valence-electron chi connectivity index (χ0n) is 9.63. The molecule has 0 aliphatic heterocycles. The van der Waals surface area contributed by atoms with Crippen LogP contribution >= 0.6 is 0 Å². The van der Waals surface area contributed by atoms with Crippen molar-refractivity contribution in [3.05, 3.63) is 0 Å². The molecule has 1 aliphatic carbocycles. The fraction of sp³-hybridized carbons (Fsp3) is 1.00. The summed E-state index contributed by atoms with van der Waals surface area (Å²) in [4.78, 5) is 0. The minimum absolute atomic E-state index is 0.349. The Bertz CT molecular complexity index is 216. The number of alkyl halides is 3. The summed E-state index contributed by atoms with van der Waals surface area (Å²) in [6.07, 6.45) is -3.81. The van der Waals surface area contributed by atoms with Gasteiger partial charge in [-0.3, -0.25) is 0 Å². The van der Waals surface area contributed by atoms with Crippen molar-refractivity contribution in [2.24, 2.45) is 11.8 Å². The summed E-state index contributed by atoms with van der Waals surface area (Å²) < 4.78 is 40.7. The zero-order valence-corrected chi connectivity index (χ0v) is 9.63. The van der Waals surface area contributed by atoms with Gasteiger partial charge in [0.15, 0.2) is 0 Å². The van der Waals surface area contributed by atoms with Crippen molar-refractivity contribution in [1.29, 1.82) is 0 Å². The minimum atomic E-state index is -4.31. The van der Waals surface area contributed by atoms with Crippen molar-refractivity contribution in [3.63, 3.8) is 0 Å². The van der Waals surface area contributed by atoms with E-state index in [1.807, 2.05) is 13.8 Å². The molecule has 0 amide bonds. The summed E-state index contributed by atoms with van der Waals surface area (Å²) in [5.74, 6) is 0.770. The van der Waals surface area contributed by atoms with Crippen LogP contribution in [0.1, 0.15) is 33.1 Å². The van der Waals surface area contributed by atoms with Gasteiger partial charge in [0.05, 0.1) is 12.2 Å². The second kappa shape index (κ2) is 5.36. The molecule has 5 heteroatoms. The van der Waals surface area contributed by atoms with E-state index in [2.05, 4.69) is 0 Å². The van der Waals surface area contributed by atoms with E-state index in [0.29, 0.717) is 24.7 Å². The SMILES string of the molecule is CC(C)C1CCC(O)C(OCC(F)(F)F)C1. The van der Waals surface area contributed by atoms with Gasteiger partial charge in [-0.25, -0.2) is 0 Å². The number of aliphatic hydroxyl groups is 1. The van der Waals surface area contributed by atoms with Crippen molar-refractivity contribution in [2.45, 2.75) is 51.5 Å². The maximum atomic E-state index is 12.0. The molecule has 3 atom stereocenters. The van der Waals surface area contributed by atoms with Crippen molar-refractivity contribution in [1.82, 2.24) is 0 Å². The highest BCUT2D eigenvalue weighted by atomic mass is 19.4. The van der Waals surface area contributed by atoms with Gasteiger partial charge in [-0.2, -0.15) is 13.2 Å². The summed E-state index contributed by atoms with van der Waals surface area (Å²) in [5, 5.41) is 9.57. The third-order valence-corrected chi connectivity index (χ3v) is 3.20. The highest BCUT2D eigenvalue weighted by Gasteiger charge is 2.35. The molecule has 1 N–H and O–H groups in total. The summed E-state index contributed by atoms with van der Waals surface area (Å²) in [5.41, 5.74) is 0. The maximum Gasteiger partial charge on any atom is 0.411 e. The van der Waals surface area contributed by atoms with Crippen molar-refractivity contribution < 1.29 is 23.0 Å². The van der Waals surface area contributed by atoms with Gasteiger partial charge in [-0.05, 0) is 31.1 Å². The molecule has 96 valence electrons. The smallest absolute Gasteiger partial charge is 0.390 e. The lowest BCUT2D eigenvalue weighted by Crippen LogP contribution is -2.39. The molecule has 0 bridgehead atoms. The first kappa shape index (κ1) is 13.8. The lowest BCUT2D eigenvalue weighted by atomic mass is 9.79. The van der Waals surface area contributed by atoms with Gasteiger partial charge in [0.2, 0.25) is 0 Å². The summed E-state index contributed by atoms with van der Waals surface area (Å²) in [6, 6.07) is 0. The lowest BCUT2D eigenvalue weighted by Gasteiger charge is -2.35. The number of hydrogen-bond donors (Lipinski definition) is 1. The molecular formula is C11H19F3O2. The standard InChI is InChI=1S/C11H19F3O2/c1-7(2)8-3-4-9(15)10(5-8)16-6-11(12,13)14/h7-10,15H,3-6H2,1-2H3. The normalized spacial score (nSPS) is 32.1. The third-order valence-electron chi connectivity index (χ3n) is 3.20. The maximum absolute atomic E-state index is 12.0. The molecule has 16 heavy (non-hydrogen) atoms. The van der Waals surface area contributed by atoms with Crippen molar-refractivity contribution >= 4 is 0 Å². The van der Waals surface area contributed by atoms with E-state index in [9.17, 15) is 18.3 Å². The van der Waals surface area contributed by atoms with Crippen LogP contribution in [0.5, 0.6) is 0 Å². The Morgan fingerprint density at radius 2 is 1.94 bits per heavy atom. The fourth-order valence-corrected chi connectivity index (χ4v) is 2.13. The average Bonchev–Trinajstić information content (AvgIpc) is 2.14. The molecule has 2 nitrogen and oxygen atoms in total. The molecule has 0 heterocycles. The molecule has 0 aromatic rings. The molecule has 1 saturated carbocycles. The van der Waals surface area contributed by atoms with Crippen LogP contribution in [0.25, 0.3) is 0 Å². The van der Waals surface area contributed by atoms with Crippen molar-refractivity contribution in [3.8, 4) is 0 Å². The van der Waals surface area contributed by atoms with Crippen LogP contribution in [0.15, 0.2) is 0 Å². The van der Waals surface area contributed by atoms with Crippen LogP contribution in [0.3, 0.4) is 0 Å². The highest BCUT2D eigenvalue weighted by molar-refractivity contribution is 4.82. The Hall–Kier alpha value is -0.290. The predicted molar refractivity (Wildman–Crippen MR) is 54.0 cm³/mol. The van der Waals surface area contributed by atoms with E-state index in [1.165, 1.54) is 0 Å². The second-order valence-corrected chi connectivity index (χ2v) is 4.85. The number of aliphatic hydroxyl groups excluding tert-OH is 1. The fourth-order valence-electron chi connectivity index (χ4n) is 2.13. The molecule has 1 fully saturated rings. The number of rotatable bonds is 3. The van der Waals surface area contributed by atoms with Gasteiger partial charge >= 0.3 is 6.18 Å². The summed E-state index contributed by atoms with van der Waals surface area (Å²) in [7, 11) is 0. The second-order valence-electron chi connectivity index (χ2n) is 4.85. The Morgan fingerprint density at radius 3 is 2.44 bits per heavy atom. The van der Waals surface area contributed by atoms with E-state index in [-0.39, 0.29) is 0 Å². The zero-order chi connectivity index (χ0) is 12.3. The molecule has 0 radical (unpaired) electrons. The van der Waals surface area contributed by atoms with Gasteiger partial charge in [0.1, 0.15) is 6.61 Å². The summed E-state index contributed by atoms with van der Waals surface area (Å²) in [6.45, 7) is 2.83. The van der Waals surface area contributed by atoms with Crippen molar-refractivity contribution in [2.75, 3.05) is 6.61 Å². The van der Waals surface area contributed by atoms with Crippen LogP contribution < -0.4 is 0 Å². The van der Waals surface area contributed by atoms with E-state index < -0.39 is 25.0 Å². The topological polar surface area (TPSA) is 29.5 Å². The quantitative estimate of drug-likeness (QED) is 0.822. The molecule has 0 aromatic heterocycles. The third kappa shape index (κ3) is 4.29. The monoisotopic (exact) mass is 240 g/mol. The first-order chi connectivity index (χ1) is 7.29. The van der Waals surface area contributed by atoms with E-state index >= 15 is 0 Å². The molecule has 0 saturated heterocycles. The highest BCUT2D eigenvalue weighted by Crippen LogP contribution is 2.32. The van der Waals surface area contributed by atoms with Gasteiger partial charge in [-0.1, -0.05) is 13.8 Å². The Kier molecular flexibility index (Phi) is 4.62. The van der Waals surface area contributed by atoms with E-state index in [4.69, 9.17) is 4.74 Å². The first-order valence-electron chi connectivity index (χ1n) is 5.66. The number of halogens is 3. The predicted octanol–water partition coefficient (Wildman–Crippen LogP) is 2.75. The average molecular weight is 240 g/mol. The number of hydrogen-bond acceptors (Lipinski definition) is 2. The summed E-state index contributed by atoms with van der Waals surface area (Å²) >= 11 is 0. The Morgan fingerprint density at radius 1 is 1.31 bits per heavy atom. The van der Waals surface area contributed by atoms with Crippen LogP contribution in [0, 0.1) is 11.8 Å². The van der Waals surface area contributed by atoms with Crippen LogP contribution in [-0.2, 0) is 4.74 Å². The van der Waals surface area contributed by atoms with Gasteiger partial charge in [0.25, 0.3) is 0 Å². The minimum Gasteiger partial charge on any atom is -0.390 e. The van der Waals surface area contributed by atoms with E-state index in [1.54, 1.807) is 0 Å². The van der Waals surface area contributed by atoms with Gasteiger partial charge in [-0.15, -0.1) is 0 Å². The number of ether oxygens (including phenoxy) is 1. The molecule has 0 spiro atoms. The van der Waals surface area contributed by atoms with Crippen LogP contribution in [0.4, 0.5) is 13.2 Å². The molecule has 1 rings (SSSR count). The van der Waals surface area contributed by atoms with Crippen LogP contribution in [-0.4, -0.2) is 30.1 Å².